The summed E-state index contributed by atoms with van der Waals surface area (Å²) in [5.74, 6) is 2.60. The Morgan fingerprint density at radius 2 is 1.85 bits per heavy atom. The molecule has 0 bridgehead atoms. The van der Waals surface area contributed by atoms with Gasteiger partial charge < -0.3 is 24.1 Å². The topological polar surface area (TPSA) is 99.0 Å². The number of benzene rings is 2. The van der Waals surface area contributed by atoms with Crippen LogP contribution < -0.4 is 19.5 Å². The van der Waals surface area contributed by atoms with Crippen molar-refractivity contribution in [1.82, 2.24) is 20.4 Å². The molecule has 1 aliphatic rings. The highest BCUT2D eigenvalue weighted by Gasteiger charge is 2.35. The highest BCUT2D eigenvalue weighted by atomic mass is 16.5. The van der Waals surface area contributed by atoms with Gasteiger partial charge in [-0.15, -0.1) is 0 Å². The van der Waals surface area contributed by atoms with Crippen molar-refractivity contribution in [2.75, 3.05) is 27.9 Å². The van der Waals surface area contributed by atoms with Gasteiger partial charge in [0.1, 0.15) is 5.75 Å². The molecule has 9 heteroatoms. The molecule has 1 aromatic heterocycles. The van der Waals surface area contributed by atoms with Gasteiger partial charge in [0.05, 0.1) is 32.9 Å². The number of rotatable bonds is 8. The monoisotopic (exact) mass is 464 g/mol. The summed E-state index contributed by atoms with van der Waals surface area (Å²) < 4.78 is 21.8. The second-order valence-electron chi connectivity index (χ2n) is 7.80. The van der Waals surface area contributed by atoms with Crippen molar-refractivity contribution in [3.63, 3.8) is 0 Å². The van der Waals surface area contributed by atoms with E-state index in [9.17, 15) is 4.79 Å². The quantitative estimate of drug-likeness (QED) is 0.517. The summed E-state index contributed by atoms with van der Waals surface area (Å²) in [5, 5.41) is 7.30. The van der Waals surface area contributed by atoms with E-state index < -0.39 is 6.04 Å². The molecule has 3 aromatic rings. The first-order valence-corrected chi connectivity index (χ1v) is 11.0. The molecule has 2 heterocycles. The van der Waals surface area contributed by atoms with Crippen LogP contribution in [0.3, 0.4) is 0 Å². The number of urea groups is 1. The summed E-state index contributed by atoms with van der Waals surface area (Å²) in [6.07, 6.45) is 0.808. The third kappa shape index (κ3) is 4.28. The molecule has 2 amide bonds. The molecule has 2 aromatic carbocycles. The van der Waals surface area contributed by atoms with Gasteiger partial charge in [-0.25, -0.2) is 4.79 Å². The first-order valence-electron chi connectivity index (χ1n) is 11.0. The SMILES string of the molecule is CCCN1C(=O)NC(c2cccc(OC)c2)C(c2nc(-c3ccc(OC)c(OC)c3)no2)=C1C. The number of methoxy groups -OCH3 is 3. The van der Waals surface area contributed by atoms with Gasteiger partial charge in [-0.3, -0.25) is 4.90 Å². The molecule has 0 saturated heterocycles. The number of amides is 2. The Morgan fingerprint density at radius 1 is 1.06 bits per heavy atom. The summed E-state index contributed by atoms with van der Waals surface area (Å²) in [5.41, 5.74) is 3.07. The summed E-state index contributed by atoms with van der Waals surface area (Å²) in [7, 11) is 4.76. The van der Waals surface area contributed by atoms with E-state index in [-0.39, 0.29) is 6.03 Å². The van der Waals surface area contributed by atoms with Gasteiger partial charge in [-0.1, -0.05) is 24.2 Å². The van der Waals surface area contributed by atoms with Gasteiger partial charge in [-0.2, -0.15) is 4.98 Å². The summed E-state index contributed by atoms with van der Waals surface area (Å²) in [4.78, 5) is 19.3. The summed E-state index contributed by atoms with van der Waals surface area (Å²) >= 11 is 0. The first-order chi connectivity index (χ1) is 16.5. The number of ether oxygens (including phenoxy) is 3. The lowest BCUT2D eigenvalue weighted by Gasteiger charge is -2.35. The summed E-state index contributed by atoms with van der Waals surface area (Å²) in [6, 6.07) is 12.3. The molecule has 1 unspecified atom stereocenters. The average Bonchev–Trinajstić information content (AvgIpc) is 3.35. The molecule has 0 spiro atoms. The van der Waals surface area contributed by atoms with Gasteiger partial charge in [0.25, 0.3) is 5.89 Å². The number of aromatic nitrogens is 2. The van der Waals surface area contributed by atoms with Crippen molar-refractivity contribution in [2.24, 2.45) is 0 Å². The number of carbonyl (C=O) groups is 1. The van der Waals surface area contributed by atoms with Crippen molar-refractivity contribution in [3.05, 3.63) is 59.6 Å². The molecule has 0 fully saturated rings. The molecule has 9 nitrogen and oxygen atoms in total. The van der Waals surface area contributed by atoms with Crippen LogP contribution >= 0.6 is 0 Å². The minimum atomic E-state index is -0.477. The molecule has 0 saturated carbocycles. The van der Waals surface area contributed by atoms with E-state index in [0.29, 0.717) is 41.1 Å². The van der Waals surface area contributed by atoms with E-state index in [1.54, 1.807) is 38.4 Å². The van der Waals surface area contributed by atoms with Crippen LogP contribution in [-0.4, -0.2) is 48.9 Å². The van der Waals surface area contributed by atoms with Crippen LogP contribution in [0.2, 0.25) is 0 Å². The summed E-state index contributed by atoms with van der Waals surface area (Å²) in [6.45, 7) is 4.50. The fourth-order valence-corrected chi connectivity index (χ4v) is 4.05. The first kappa shape index (κ1) is 23.2. The second-order valence-corrected chi connectivity index (χ2v) is 7.80. The lowest BCUT2D eigenvalue weighted by Crippen LogP contribution is -2.46. The predicted octanol–water partition coefficient (Wildman–Crippen LogP) is 4.67. The largest absolute Gasteiger partial charge is 0.497 e. The van der Waals surface area contributed by atoms with E-state index in [1.807, 2.05) is 44.2 Å². The zero-order valence-corrected chi connectivity index (χ0v) is 19.9. The molecule has 1 atom stereocenters. The van der Waals surface area contributed by atoms with Crippen LogP contribution in [0.1, 0.15) is 37.8 Å². The number of nitrogens with zero attached hydrogens (tertiary/aromatic N) is 3. The van der Waals surface area contributed by atoms with Gasteiger partial charge in [0.2, 0.25) is 5.82 Å². The van der Waals surface area contributed by atoms with Crippen molar-refractivity contribution < 1.29 is 23.5 Å². The number of hydrogen-bond donors (Lipinski definition) is 1. The normalized spacial score (nSPS) is 15.9. The smallest absolute Gasteiger partial charge is 0.322 e. The third-order valence-electron chi connectivity index (χ3n) is 5.77. The Morgan fingerprint density at radius 3 is 2.56 bits per heavy atom. The number of carbonyl (C=O) groups excluding carboxylic acids is 1. The van der Waals surface area contributed by atoms with Crippen molar-refractivity contribution in [3.8, 4) is 28.6 Å². The second kappa shape index (κ2) is 9.86. The standard InChI is InChI=1S/C25H28N4O5/c1-6-12-29-15(2)21(22(26-25(29)30)16-8-7-9-18(13-16)31-3)24-27-23(28-34-24)17-10-11-19(32-4)20(14-17)33-5/h7-11,13-14,22H,6,12H2,1-5H3,(H,26,30). The molecule has 1 aliphatic heterocycles. The van der Waals surface area contributed by atoms with Crippen LogP contribution in [0.4, 0.5) is 4.79 Å². The maximum atomic E-state index is 12.9. The van der Waals surface area contributed by atoms with Crippen LogP contribution in [0, 0.1) is 0 Å². The van der Waals surface area contributed by atoms with Gasteiger partial charge in [0.15, 0.2) is 11.5 Å². The highest BCUT2D eigenvalue weighted by Crippen LogP contribution is 2.39. The maximum absolute atomic E-state index is 12.9. The minimum absolute atomic E-state index is 0.171. The number of nitrogens with one attached hydrogen (secondary N) is 1. The van der Waals surface area contributed by atoms with E-state index in [1.165, 1.54) is 0 Å². The van der Waals surface area contributed by atoms with Crippen LogP contribution in [0.15, 0.2) is 52.7 Å². The Kier molecular flexibility index (Phi) is 6.72. The molecular weight excluding hydrogens is 436 g/mol. The van der Waals surface area contributed by atoms with Crippen molar-refractivity contribution in [1.29, 1.82) is 0 Å². The van der Waals surface area contributed by atoms with E-state index in [4.69, 9.17) is 18.7 Å². The number of hydrogen-bond acceptors (Lipinski definition) is 7. The van der Waals surface area contributed by atoms with Gasteiger partial charge in [-0.05, 0) is 49.2 Å². The fraction of sp³-hybridized carbons (Fsp3) is 0.320. The van der Waals surface area contributed by atoms with Crippen molar-refractivity contribution >= 4 is 11.6 Å². The molecule has 1 N–H and O–H groups in total. The molecule has 34 heavy (non-hydrogen) atoms. The Bertz CT molecular complexity index is 1220. The van der Waals surface area contributed by atoms with E-state index in [0.717, 1.165) is 23.3 Å². The van der Waals surface area contributed by atoms with Crippen LogP contribution in [-0.2, 0) is 0 Å². The Balaban J connectivity index is 1.80. The fourth-order valence-electron chi connectivity index (χ4n) is 4.05. The zero-order chi connectivity index (χ0) is 24.2. The molecule has 4 rings (SSSR count). The van der Waals surface area contributed by atoms with Gasteiger partial charge in [0, 0.05) is 17.8 Å². The Labute approximate surface area is 198 Å². The predicted molar refractivity (Wildman–Crippen MR) is 127 cm³/mol. The van der Waals surface area contributed by atoms with Crippen molar-refractivity contribution in [2.45, 2.75) is 26.3 Å². The zero-order valence-electron chi connectivity index (χ0n) is 19.9. The minimum Gasteiger partial charge on any atom is -0.497 e. The number of allylic oxidation sites excluding steroid dienone is 1. The molecule has 0 aliphatic carbocycles. The lowest BCUT2D eigenvalue weighted by atomic mass is 9.94. The molecule has 178 valence electrons. The Hall–Kier alpha value is -4.01. The molecular formula is C25H28N4O5. The van der Waals surface area contributed by atoms with E-state index >= 15 is 0 Å². The highest BCUT2D eigenvalue weighted by molar-refractivity contribution is 5.87. The molecule has 0 radical (unpaired) electrons. The van der Waals surface area contributed by atoms with Crippen LogP contribution in [0.5, 0.6) is 17.2 Å². The van der Waals surface area contributed by atoms with Crippen LogP contribution in [0.25, 0.3) is 17.0 Å². The van der Waals surface area contributed by atoms with Gasteiger partial charge >= 0.3 is 6.03 Å². The maximum Gasteiger partial charge on any atom is 0.322 e. The lowest BCUT2D eigenvalue weighted by molar-refractivity contribution is 0.205. The third-order valence-corrected chi connectivity index (χ3v) is 5.77. The van der Waals surface area contributed by atoms with E-state index in [2.05, 4.69) is 15.5 Å². The average molecular weight is 465 g/mol.